The zero-order valence-electron chi connectivity index (χ0n) is 16.3. The molecule has 1 saturated carbocycles. The van der Waals surface area contributed by atoms with Gasteiger partial charge in [0.1, 0.15) is 5.54 Å². The van der Waals surface area contributed by atoms with Crippen molar-refractivity contribution in [2.75, 3.05) is 26.0 Å². The second-order valence-electron chi connectivity index (χ2n) is 7.79. The molecule has 3 fully saturated rings. The van der Waals surface area contributed by atoms with E-state index < -0.39 is 51.9 Å². The van der Waals surface area contributed by atoms with Gasteiger partial charge in [-0.25, -0.2) is 17.5 Å². The highest BCUT2D eigenvalue weighted by molar-refractivity contribution is 7.88. The summed E-state index contributed by atoms with van der Waals surface area (Å²) in [7, 11) is -3.29. The molecule has 2 saturated heterocycles. The number of nitrogens with zero attached hydrogens (tertiary/aromatic N) is 2. The summed E-state index contributed by atoms with van der Waals surface area (Å²) in [6.07, 6.45) is 5.44. The van der Waals surface area contributed by atoms with Crippen LogP contribution >= 0.6 is 0 Å². The van der Waals surface area contributed by atoms with Crippen LogP contribution in [0.5, 0.6) is 0 Å². The minimum absolute atomic E-state index is 0.218. The lowest BCUT2D eigenvalue weighted by Crippen LogP contribution is -2.51. The van der Waals surface area contributed by atoms with E-state index in [0.29, 0.717) is 30.7 Å². The fourth-order valence-electron chi connectivity index (χ4n) is 4.05. The molecular formula is C17H26N4O7S. The molecule has 11 nitrogen and oxygen atoms in total. The van der Waals surface area contributed by atoms with Crippen LogP contribution in [-0.2, 0) is 29.1 Å². The maximum atomic E-state index is 12.6. The number of ether oxygens (including phenoxy) is 1. The first-order valence-corrected chi connectivity index (χ1v) is 11.6. The molecule has 0 aromatic carbocycles. The number of hydrogen-bond acceptors (Lipinski definition) is 7. The molecule has 2 heterocycles. The number of imide groups is 1. The van der Waals surface area contributed by atoms with Crippen LogP contribution in [0.25, 0.3) is 0 Å². The first kappa shape index (κ1) is 21.5. The second-order valence-corrected chi connectivity index (χ2v) is 9.77. The van der Waals surface area contributed by atoms with E-state index in [9.17, 15) is 27.6 Å². The van der Waals surface area contributed by atoms with Gasteiger partial charge < -0.3 is 10.1 Å². The summed E-state index contributed by atoms with van der Waals surface area (Å²) in [4.78, 5) is 48.9. The number of urea groups is 1. The number of nitrogens with one attached hydrogen (secondary N) is 2. The van der Waals surface area contributed by atoms with Gasteiger partial charge >= 0.3 is 12.0 Å². The van der Waals surface area contributed by atoms with Gasteiger partial charge in [-0.1, -0.05) is 19.3 Å². The minimum atomic E-state index is -3.29. The smallest absolute Gasteiger partial charge is 0.344 e. The van der Waals surface area contributed by atoms with E-state index in [1.807, 2.05) is 0 Å². The molecule has 0 bridgehead atoms. The Kier molecular flexibility index (Phi) is 6.13. The highest BCUT2D eigenvalue weighted by Crippen LogP contribution is 2.33. The van der Waals surface area contributed by atoms with Crippen LogP contribution in [0.4, 0.5) is 4.79 Å². The van der Waals surface area contributed by atoms with Gasteiger partial charge in [-0.05, 0) is 25.7 Å². The number of carbonyl (C=O) groups excluding carboxylic acids is 4. The highest BCUT2D eigenvalue weighted by Gasteiger charge is 2.52. The van der Waals surface area contributed by atoms with E-state index in [-0.39, 0.29) is 13.1 Å². The van der Waals surface area contributed by atoms with Gasteiger partial charge in [0, 0.05) is 13.1 Å². The third-order valence-corrected chi connectivity index (χ3v) is 7.01. The molecule has 1 aliphatic carbocycles. The molecular weight excluding hydrogens is 404 g/mol. The molecule has 0 unspecified atom stereocenters. The zero-order valence-corrected chi connectivity index (χ0v) is 17.1. The third-order valence-electron chi connectivity index (χ3n) is 5.71. The summed E-state index contributed by atoms with van der Waals surface area (Å²) >= 11 is 0. The van der Waals surface area contributed by atoms with Crippen molar-refractivity contribution in [3.63, 3.8) is 0 Å². The molecule has 2 N–H and O–H groups in total. The SMILES string of the molecule is CS(=O)(=O)N1CCC(C(=O)OCC(=O)NN2C(=O)NC3(CCCCC3)C2=O)CC1. The first-order chi connectivity index (χ1) is 13.6. The van der Waals surface area contributed by atoms with Crippen LogP contribution in [-0.4, -0.2) is 73.0 Å². The molecule has 12 heteroatoms. The number of piperidine rings is 1. The second kappa shape index (κ2) is 8.27. The molecule has 4 amide bonds. The molecule has 3 rings (SSSR count). The van der Waals surface area contributed by atoms with Gasteiger partial charge in [0.15, 0.2) is 6.61 Å². The largest absolute Gasteiger partial charge is 0.455 e. The van der Waals surface area contributed by atoms with Crippen LogP contribution in [0, 0.1) is 5.92 Å². The van der Waals surface area contributed by atoms with Crippen molar-refractivity contribution in [1.82, 2.24) is 20.1 Å². The number of esters is 1. The molecule has 29 heavy (non-hydrogen) atoms. The van der Waals surface area contributed by atoms with E-state index >= 15 is 0 Å². The van der Waals surface area contributed by atoms with Crippen LogP contribution in [0.1, 0.15) is 44.9 Å². The van der Waals surface area contributed by atoms with Crippen molar-refractivity contribution < 1.29 is 32.3 Å². The van der Waals surface area contributed by atoms with Gasteiger partial charge in [-0.2, -0.15) is 5.01 Å². The van der Waals surface area contributed by atoms with Crippen molar-refractivity contribution in [1.29, 1.82) is 0 Å². The maximum Gasteiger partial charge on any atom is 0.344 e. The summed E-state index contributed by atoms with van der Waals surface area (Å²) in [5.74, 6) is -2.38. The fraction of sp³-hybridized carbons (Fsp3) is 0.765. The number of amides is 4. The van der Waals surface area contributed by atoms with Gasteiger partial charge in [0.05, 0.1) is 12.2 Å². The Morgan fingerprint density at radius 3 is 2.38 bits per heavy atom. The van der Waals surface area contributed by atoms with E-state index in [1.54, 1.807) is 0 Å². The Morgan fingerprint density at radius 1 is 1.17 bits per heavy atom. The lowest BCUT2D eigenvalue weighted by molar-refractivity contribution is -0.155. The Balaban J connectivity index is 1.46. The molecule has 0 radical (unpaired) electrons. The summed E-state index contributed by atoms with van der Waals surface area (Å²) in [5.41, 5.74) is 1.25. The van der Waals surface area contributed by atoms with Crippen LogP contribution in [0.15, 0.2) is 0 Å². The van der Waals surface area contributed by atoms with Gasteiger partial charge in [-0.3, -0.25) is 19.8 Å². The topological polar surface area (TPSA) is 142 Å². The Bertz CT molecular complexity index is 799. The number of hydrazine groups is 1. The molecule has 3 aliphatic rings. The Morgan fingerprint density at radius 2 is 1.79 bits per heavy atom. The van der Waals surface area contributed by atoms with Crippen LogP contribution in [0.3, 0.4) is 0 Å². The van der Waals surface area contributed by atoms with Crippen molar-refractivity contribution in [3.05, 3.63) is 0 Å². The number of sulfonamides is 1. The van der Waals surface area contributed by atoms with Gasteiger partial charge in [0.25, 0.3) is 11.8 Å². The monoisotopic (exact) mass is 430 g/mol. The highest BCUT2D eigenvalue weighted by atomic mass is 32.2. The van der Waals surface area contributed by atoms with E-state index in [1.165, 1.54) is 4.31 Å². The van der Waals surface area contributed by atoms with E-state index in [2.05, 4.69) is 10.7 Å². The van der Waals surface area contributed by atoms with Crippen LogP contribution < -0.4 is 10.7 Å². The lowest BCUT2D eigenvalue weighted by atomic mass is 9.82. The summed E-state index contributed by atoms with van der Waals surface area (Å²) in [5, 5.41) is 3.33. The fourth-order valence-corrected chi connectivity index (χ4v) is 4.92. The van der Waals surface area contributed by atoms with Gasteiger partial charge in [0.2, 0.25) is 10.0 Å². The van der Waals surface area contributed by atoms with Crippen molar-refractivity contribution in [2.24, 2.45) is 5.92 Å². The number of rotatable bonds is 5. The number of hydrogen-bond donors (Lipinski definition) is 2. The average Bonchev–Trinajstić information content (AvgIpc) is 2.90. The summed E-state index contributed by atoms with van der Waals surface area (Å²) < 4.78 is 29.3. The van der Waals surface area contributed by atoms with Crippen molar-refractivity contribution in [2.45, 2.75) is 50.5 Å². The van der Waals surface area contributed by atoms with E-state index in [4.69, 9.17) is 4.74 Å². The standard InChI is InChI=1S/C17H26N4O7S/c1-29(26,27)20-9-5-12(6-10-20)14(23)28-11-13(22)19-21-15(24)17(18-16(21)25)7-3-2-4-8-17/h12H,2-11H2,1H3,(H,18,25)(H,19,22). The first-order valence-electron chi connectivity index (χ1n) is 9.70. The molecule has 162 valence electrons. The Labute approximate surface area is 169 Å². The predicted octanol–water partition coefficient (Wildman–Crippen LogP) is -0.513. The van der Waals surface area contributed by atoms with Crippen molar-refractivity contribution >= 4 is 33.8 Å². The summed E-state index contributed by atoms with van der Waals surface area (Å²) in [6.45, 7) is -0.195. The molecule has 0 aromatic rings. The number of carbonyl (C=O) groups is 4. The summed E-state index contributed by atoms with van der Waals surface area (Å²) in [6, 6.07) is -0.690. The molecule has 1 spiro atoms. The molecule has 0 atom stereocenters. The molecule has 2 aliphatic heterocycles. The Hall–Kier alpha value is -2.21. The third kappa shape index (κ3) is 4.69. The minimum Gasteiger partial charge on any atom is -0.455 e. The zero-order chi connectivity index (χ0) is 21.2. The normalized spacial score (nSPS) is 23.1. The van der Waals surface area contributed by atoms with E-state index in [0.717, 1.165) is 25.5 Å². The lowest BCUT2D eigenvalue weighted by Gasteiger charge is -2.30. The predicted molar refractivity (Wildman–Crippen MR) is 99.4 cm³/mol. The average molecular weight is 430 g/mol. The van der Waals surface area contributed by atoms with Crippen molar-refractivity contribution in [3.8, 4) is 0 Å². The van der Waals surface area contributed by atoms with Crippen LogP contribution in [0.2, 0.25) is 0 Å². The quantitative estimate of drug-likeness (QED) is 0.442. The maximum absolute atomic E-state index is 12.6. The molecule has 0 aromatic heterocycles. The van der Waals surface area contributed by atoms with Gasteiger partial charge in [-0.15, -0.1) is 0 Å².